The molecule has 1 aromatic rings. The van der Waals surface area contributed by atoms with E-state index in [1.807, 2.05) is 30.5 Å². The third-order valence-electron chi connectivity index (χ3n) is 2.89. The van der Waals surface area contributed by atoms with Crippen molar-refractivity contribution < 1.29 is 9.59 Å². The van der Waals surface area contributed by atoms with Crippen molar-refractivity contribution in [2.45, 2.75) is 11.3 Å². The smallest absolute Gasteiger partial charge is 0.255 e. The lowest BCUT2D eigenvalue weighted by molar-refractivity contribution is -0.121. The van der Waals surface area contributed by atoms with Gasteiger partial charge in [-0.25, -0.2) is 0 Å². The number of carbonyl (C=O) groups excluding carboxylic acids is 2. The van der Waals surface area contributed by atoms with Gasteiger partial charge in [0.2, 0.25) is 5.91 Å². The lowest BCUT2D eigenvalue weighted by Crippen LogP contribution is -2.37. The molecule has 0 spiro atoms. The predicted octanol–water partition coefficient (Wildman–Crippen LogP) is 1.37. The second-order valence-corrected chi connectivity index (χ2v) is 4.98. The van der Waals surface area contributed by atoms with Crippen LogP contribution in [0.25, 0.3) is 0 Å². The molecule has 1 fully saturated rings. The second kappa shape index (κ2) is 5.91. The van der Waals surface area contributed by atoms with Crippen LogP contribution in [-0.2, 0) is 4.79 Å². The van der Waals surface area contributed by atoms with Crippen LogP contribution in [0, 0.1) is 0 Å². The summed E-state index contributed by atoms with van der Waals surface area (Å²) in [6.07, 6.45) is 2.75. The maximum Gasteiger partial charge on any atom is 0.255 e. The zero-order chi connectivity index (χ0) is 13.0. The zero-order valence-corrected chi connectivity index (χ0v) is 11.1. The van der Waals surface area contributed by atoms with E-state index in [-0.39, 0.29) is 18.4 Å². The fourth-order valence-electron chi connectivity index (χ4n) is 1.97. The molecule has 0 aliphatic carbocycles. The van der Waals surface area contributed by atoms with Crippen LogP contribution in [-0.4, -0.2) is 42.6 Å². The molecule has 0 radical (unpaired) electrons. The molecular weight excluding hydrogens is 248 g/mol. The fourth-order valence-corrected chi connectivity index (χ4v) is 2.56. The molecule has 2 amide bonds. The van der Waals surface area contributed by atoms with E-state index in [1.54, 1.807) is 16.7 Å². The summed E-state index contributed by atoms with van der Waals surface area (Å²) < 4.78 is 0. The topological polar surface area (TPSA) is 49.4 Å². The van der Waals surface area contributed by atoms with Gasteiger partial charge in [0, 0.05) is 18.0 Å². The lowest BCUT2D eigenvalue weighted by atomic mass is 10.2. The Kier molecular flexibility index (Phi) is 4.25. The van der Waals surface area contributed by atoms with E-state index in [0.29, 0.717) is 18.7 Å². The van der Waals surface area contributed by atoms with Gasteiger partial charge in [-0.2, -0.15) is 0 Å². The van der Waals surface area contributed by atoms with Gasteiger partial charge in [-0.1, -0.05) is 12.1 Å². The van der Waals surface area contributed by atoms with Gasteiger partial charge in [0.15, 0.2) is 0 Å². The third-order valence-corrected chi connectivity index (χ3v) is 3.68. The minimum absolute atomic E-state index is 0.0583. The van der Waals surface area contributed by atoms with Gasteiger partial charge in [0.1, 0.15) is 0 Å². The van der Waals surface area contributed by atoms with Crippen molar-refractivity contribution in [3.63, 3.8) is 0 Å². The van der Waals surface area contributed by atoms with Gasteiger partial charge >= 0.3 is 0 Å². The van der Waals surface area contributed by atoms with E-state index in [2.05, 4.69) is 5.32 Å². The van der Waals surface area contributed by atoms with Crippen LogP contribution in [0.15, 0.2) is 29.2 Å². The van der Waals surface area contributed by atoms with Crippen molar-refractivity contribution in [2.75, 3.05) is 25.9 Å². The monoisotopic (exact) mass is 264 g/mol. The Morgan fingerprint density at radius 3 is 2.94 bits per heavy atom. The van der Waals surface area contributed by atoms with Crippen molar-refractivity contribution in [1.82, 2.24) is 10.2 Å². The first-order valence-corrected chi connectivity index (χ1v) is 7.14. The molecular formula is C13H16N2O2S. The fraction of sp³-hybridized carbons (Fsp3) is 0.385. The molecule has 1 aliphatic heterocycles. The first-order valence-electron chi connectivity index (χ1n) is 5.91. The number of hydrogen-bond acceptors (Lipinski definition) is 3. The van der Waals surface area contributed by atoms with E-state index in [9.17, 15) is 9.59 Å². The van der Waals surface area contributed by atoms with Crippen LogP contribution in [0.2, 0.25) is 0 Å². The van der Waals surface area contributed by atoms with Crippen LogP contribution < -0.4 is 5.32 Å². The molecule has 1 aliphatic rings. The molecule has 0 saturated carbocycles. The van der Waals surface area contributed by atoms with Crippen LogP contribution in [0.5, 0.6) is 0 Å². The number of nitrogens with zero attached hydrogens (tertiary/aromatic N) is 1. The predicted molar refractivity (Wildman–Crippen MR) is 71.8 cm³/mol. The quantitative estimate of drug-likeness (QED) is 0.821. The summed E-state index contributed by atoms with van der Waals surface area (Å²) in [6, 6.07) is 7.51. The largest absolute Gasteiger partial charge is 0.354 e. The summed E-state index contributed by atoms with van der Waals surface area (Å²) in [5.74, 6) is -0.139. The van der Waals surface area contributed by atoms with Crippen molar-refractivity contribution in [1.29, 1.82) is 0 Å². The van der Waals surface area contributed by atoms with E-state index in [1.165, 1.54) is 0 Å². The Morgan fingerprint density at radius 2 is 2.17 bits per heavy atom. The van der Waals surface area contributed by atoms with Crippen molar-refractivity contribution in [2.24, 2.45) is 0 Å². The standard InChI is InChI=1S/C13H16N2O2S/c1-18-11-6-3-2-5-10(11)13(17)15-8-4-7-14-12(16)9-15/h2-3,5-6H,4,7-9H2,1H3,(H,14,16). The Balaban J connectivity index is 2.21. The Bertz CT molecular complexity index is 462. The van der Waals surface area contributed by atoms with Crippen molar-refractivity contribution in [3.05, 3.63) is 29.8 Å². The summed E-state index contributed by atoms with van der Waals surface area (Å²) in [5, 5.41) is 2.77. The Labute approximate surface area is 111 Å². The van der Waals surface area contributed by atoms with E-state index in [4.69, 9.17) is 0 Å². The summed E-state index contributed by atoms with van der Waals surface area (Å²) in [5.41, 5.74) is 0.680. The van der Waals surface area contributed by atoms with Gasteiger partial charge in [0.05, 0.1) is 12.1 Å². The molecule has 0 unspecified atom stereocenters. The molecule has 0 bridgehead atoms. The van der Waals surface area contributed by atoms with Crippen LogP contribution in [0.1, 0.15) is 16.8 Å². The zero-order valence-electron chi connectivity index (χ0n) is 10.3. The minimum Gasteiger partial charge on any atom is -0.354 e. The highest BCUT2D eigenvalue weighted by molar-refractivity contribution is 7.98. The normalized spacial score (nSPS) is 16.1. The average Bonchev–Trinajstić information content (AvgIpc) is 2.62. The van der Waals surface area contributed by atoms with Crippen molar-refractivity contribution in [3.8, 4) is 0 Å². The maximum atomic E-state index is 12.4. The highest BCUT2D eigenvalue weighted by Gasteiger charge is 2.22. The lowest BCUT2D eigenvalue weighted by Gasteiger charge is -2.20. The van der Waals surface area contributed by atoms with Gasteiger partial charge in [-0.3, -0.25) is 9.59 Å². The average molecular weight is 264 g/mol. The van der Waals surface area contributed by atoms with E-state index < -0.39 is 0 Å². The summed E-state index contributed by atoms with van der Waals surface area (Å²) >= 11 is 1.55. The van der Waals surface area contributed by atoms with Gasteiger partial charge < -0.3 is 10.2 Å². The molecule has 0 aromatic heterocycles. The molecule has 18 heavy (non-hydrogen) atoms. The number of carbonyl (C=O) groups is 2. The van der Waals surface area contributed by atoms with Gasteiger partial charge in [0.25, 0.3) is 5.91 Å². The van der Waals surface area contributed by atoms with E-state index in [0.717, 1.165) is 11.3 Å². The maximum absolute atomic E-state index is 12.4. The number of rotatable bonds is 2. The SMILES string of the molecule is CSc1ccccc1C(=O)N1CCCNC(=O)C1. The second-order valence-electron chi connectivity index (χ2n) is 4.13. The molecule has 1 saturated heterocycles. The van der Waals surface area contributed by atoms with Crippen LogP contribution in [0.4, 0.5) is 0 Å². The molecule has 5 heteroatoms. The molecule has 1 N–H and O–H groups in total. The molecule has 2 rings (SSSR count). The highest BCUT2D eigenvalue weighted by atomic mass is 32.2. The highest BCUT2D eigenvalue weighted by Crippen LogP contribution is 2.21. The molecule has 1 aromatic carbocycles. The number of thioether (sulfide) groups is 1. The molecule has 96 valence electrons. The number of benzene rings is 1. The third kappa shape index (κ3) is 2.85. The van der Waals surface area contributed by atoms with Gasteiger partial charge in [-0.15, -0.1) is 11.8 Å². The van der Waals surface area contributed by atoms with Crippen LogP contribution >= 0.6 is 11.8 Å². The summed E-state index contributed by atoms with van der Waals surface area (Å²) in [6.45, 7) is 1.43. The number of amides is 2. The Hall–Kier alpha value is -1.49. The summed E-state index contributed by atoms with van der Waals surface area (Å²) in [4.78, 5) is 26.5. The molecule has 4 nitrogen and oxygen atoms in total. The molecule has 0 atom stereocenters. The Morgan fingerprint density at radius 1 is 1.39 bits per heavy atom. The summed E-state index contributed by atoms with van der Waals surface area (Å²) in [7, 11) is 0. The first kappa shape index (κ1) is 13.0. The minimum atomic E-state index is -0.0810. The first-order chi connectivity index (χ1) is 8.72. The number of hydrogen-bond donors (Lipinski definition) is 1. The van der Waals surface area contributed by atoms with Crippen LogP contribution in [0.3, 0.4) is 0 Å². The van der Waals surface area contributed by atoms with Crippen molar-refractivity contribution >= 4 is 23.6 Å². The van der Waals surface area contributed by atoms with E-state index >= 15 is 0 Å². The molecule has 1 heterocycles. The number of nitrogens with one attached hydrogen (secondary N) is 1. The van der Waals surface area contributed by atoms with Gasteiger partial charge in [-0.05, 0) is 24.8 Å².